The maximum absolute atomic E-state index is 12.2. The van der Waals surface area contributed by atoms with Crippen LogP contribution in [0.1, 0.15) is 6.92 Å². The summed E-state index contributed by atoms with van der Waals surface area (Å²) >= 11 is 0. The molecular formula is C12H16N4O3S. The van der Waals surface area contributed by atoms with Gasteiger partial charge in [-0.05, 0) is 25.1 Å². The van der Waals surface area contributed by atoms with Crippen LogP contribution in [0, 0.1) is 0 Å². The van der Waals surface area contributed by atoms with Gasteiger partial charge in [-0.1, -0.05) is 0 Å². The lowest BCUT2D eigenvalue weighted by atomic mass is 10.2. The minimum absolute atomic E-state index is 0.0520. The van der Waals surface area contributed by atoms with Crippen LogP contribution in [0.5, 0.6) is 5.75 Å². The number of nitrogens with two attached hydrogens (primary N) is 1. The van der Waals surface area contributed by atoms with E-state index in [0.29, 0.717) is 18.0 Å². The highest BCUT2D eigenvalue weighted by atomic mass is 32.2. The fourth-order valence-corrected chi connectivity index (χ4v) is 2.67. The van der Waals surface area contributed by atoms with Crippen LogP contribution in [-0.2, 0) is 16.6 Å². The van der Waals surface area contributed by atoms with Crippen molar-refractivity contribution in [3.63, 3.8) is 0 Å². The van der Waals surface area contributed by atoms with Gasteiger partial charge in [0.15, 0.2) is 5.03 Å². The second kappa shape index (κ2) is 5.41. The van der Waals surface area contributed by atoms with E-state index < -0.39 is 10.0 Å². The van der Waals surface area contributed by atoms with Crippen LogP contribution in [0.15, 0.2) is 35.7 Å². The highest BCUT2D eigenvalue weighted by Crippen LogP contribution is 2.28. The van der Waals surface area contributed by atoms with Crippen LogP contribution in [0.3, 0.4) is 0 Å². The lowest BCUT2D eigenvalue weighted by Gasteiger charge is -2.11. The van der Waals surface area contributed by atoms with Gasteiger partial charge in [-0.15, -0.1) is 0 Å². The van der Waals surface area contributed by atoms with Gasteiger partial charge in [0, 0.05) is 18.4 Å². The molecule has 1 heterocycles. The number of ether oxygens (including phenoxy) is 1. The minimum atomic E-state index is -3.77. The van der Waals surface area contributed by atoms with Crippen LogP contribution in [0.2, 0.25) is 0 Å². The molecule has 0 amide bonds. The lowest BCUT2D eigenvalue weighted by molar-refractivity contribution is 0.417. The lowest BCUT2D eigenvalue weighted by Crippen LogP contribution is -2.14. The Balaban J connectivity index is 2.35. The third kappa shape index (κ3) is 2.85. The SMILES string of the molecule is CCn1cnc(S(=O)(=O)Nc2cc(N)ccc2OC)c1. The Morgan fingerprint density at radius 1 is 1.45 bits per heavy atom. The molecule has 0 aliphatic rings. The van der Waals surface area contributed by atoms with Crippen molar-refractivity contribution in [2.75, 3.05) is 17.6 Å². The Bertz CT molecular complexity index is 709. The molecule has 0 spiro atoms. The molecule has 7 nitrogen and oxygen atoms in total. The molecule has 0 saturated carbocycles. The predicted octanol–water partition coefficient (Wildman–Crippen LogP) is 1.29. The number of imidazole rings is 1. The number of aromatic nitrogens is 2. The number of nitrogens with one attached hydrogen (secondary N) is 1. The molecule has 1 aromatic carbocycles. The summed E-state index contributed by atoms with van der Waals surface area (Å²) in [6, 6.07) is 4.72. The molecule has 2 aromatic rings. The first-order valence-electron chi connectivity index (χ1n) is 5.94. The van der Waals surface area contributed by atoms with Gasteiger partial charge in [0.25, 0.3) is 10.0 Å². The Morgan fingerprint density at radius 2 is 2.20 bits per heavy atom. The molecule has 108 valence electrons. The molecule has 0 fully saturated rings. The third-order valence-electron chi connectivity index (χ3n) is 2.72. The van der Waals surface area contributed by atoms with Gasteiger partial charge in [-0.3, -0.25) is 4.72 Å². The van der Waals surface area contributed by atoms with Gasteiger partial charge >= 0.3 is 0 Å². The predicted molar refractivity (Wildman–Crippen MR) is 76.1 cm³/mol. The van der Waals surface area contributed by atoms with E-state index in [-0.39, 0.29) is 10.7 Å². The maximum atomic E-state index is 12.2. The van der Waals surface area contributed by atoms with Crippen molar-refractivity contribution in [1.29, 1.82) is 0 Å². The van der Waals surface area contributed by atoms with Crippen LogP contribution < -0.4 is 15.2 Å². The van der Waals surface area contributed by atoms with E-state index in [4.69, 9.17) is 10.5 Å². The highest BCUT2D eigenvalue weighted by Gasteiger charge is 2.19. The van der Waals surface area contributed by atoms with Gasteiger partial charge in [0.05, 0.1) is 19.1 Å². The summed E-state index contributed by atoms with van der Waals surface area (Å²) < 4.78 is 33.6. The van der Waals surface area contributed by atoms with E-state index in [9.17, 15) is 8.42 Å². The smallest absolute Gasteiger partial charge is 0.281 e. The zero-order valence-corrected chi connectivity index (χ0v) is 12.0. The molecule has 0 atom stereocenters. The number of nitrogen functional groups attached to an aromatic ring is 1. The van der Waals surface area contributed by atoms with Gasteiger partial charge in [0.1, 0.15) is 5.75 Å². The van der Waals surface area contributed by atoms with Crippen molar-refractivity contribution in [2.24, 2.45) is 0 Å². The van der Waals surface area contributed by atoms with Crippen molar-refractivity contribution in [1.82, 2.24) is 9.55 Å². The standard InChI is InChI=1S/C12H16N4O3S/c1-3-16-7-12(14-8-16)20(17,18)15-10-6-9(13)4-5-11(10)19-2/h4-8,15H,3,13H2,1-2H3. The Labute approximate surface area is 117 Å². The van der Waals surface area contributed by atoms with Crippen LogP contribution in [0.25, 0.3) is 0 Å². The van der Waals surface area contributed by atoms with E-state index in [2.05, 4.69) is 9.71 Å². The molecule has 20 heavy (non-hydrogen) atoms. The van der Waals surface area contributed by atoms with Crippen LogP contribution >= 0.6 is 0 Å². The van der Waals surface area contributed by atoms with E-state index in [1.54, 1.807) is 16.7 Å². The van der Waals surface area contributed by atoms with Gasteiger partial charge in [-0.2, -0.15) is 8.42 Å². The summed E-state index contributed by atoms with van der Waals surface area (Å²) in [6.45, 7) is 2.54. The average Bonchev–Trinajstić information content (AvgIpc) is 2.88. The van der Waals surface area contributed by atoms with Crippen molar-refractivity contribution in [3.8, 4) is 5.75 Å². The summed E-state index contributed by atoms with van der Waals surface area (Å²) in [4.78, 5) is 3.87. The molecule has 0 aliphatic carbocycles. The monoisotopic (exact) mass is 296 g/mol. The number of anilines is 2. The van der Waals surface area contributed by atoms with E-state index in [1.807, 2.05) is 6.92 Å². The molecule has 0 bridgehead atoms. The number of hydrogen-bond donors (Lipinski definition) is 2. The largest absolute Gasteiger partial charge is 0.495 e. The fourth-order valence-electron chi connectivity index (χ4n) is 1.65. The molecule has 0 saturated heterocycles. The molecule has 0 radical (unpaired) electrons. The first-order valence-corrected chi connectivity index (χ1v) is 7.42. The zero-order chi connectivity index (χ0) is 14.8. The second-order valence-electron chi connectivity index (χ2n) is 4.11. The van der Waals surface area contributed by atoms with E-state index in [0.717, 1.165) is 0 Å². The molecule has 0 unspecified atom stereocenters. The summed E-state index contributed by atoms with van der Waals surface area (Å²) in [5.41, 5.74) is 6.36. The summed E-state index contributed by atoms with van der Waals surface area (Å²) in [5.74, 6) is 0.387. The van der Waals surface area contributed by atoms with Gasteiger partial charge < -0.3 is 15.0 Å². The van der Waals surface area contributed by atoms with E-state index >= 15 is 0 Å². The minimum Gasteiger partial charge on any atom is -0.495 e. The molecular weight excluding hydrogens is 280 g/mol. The molecule has 2 rings (SSSR count). The first-order chi connectivity index (χ1) is 9.46. The van der Waals surface area contributed by atoms with Crippen LogP contribution in [0.4, 0.5) is 11.4 Å². The quantitative estimate of drug-likeness (QED) is 0.810. The van der Waals surface area contributed by atoms with Crippen molar-refractivity contribution >= 4 is 21.4 Å². The number of benzene rings is 1. The number of hydrogen-bond acceptors (Lipinski definition) is 5. The first kappa shape index (κ1) is 14.2. The Hall–Kier alpha value is -2.22. The summed E-state index contributed by atoms with van der Waals surface area (Å²) in [5, 5.41) is -0.0520. The Morgan fingerprint density at radius 3 is 2.80 bits per heavy atom. The summed E-state index contributed by atoms with van der Waals surface area (Å²) in [6.07, 6.45) is 2.92. The van der Waals surface area contributed by atoms with Crippen molar-refractivity contribution in [3.05, 3.63) is 30.7 Å². The second-order valence-corrected chi connectivity index (χ2v) is 5.74. The van der Waals surface area contributed by atoms with Gasteiger partial charge in [-0.25, -0.2) is 4.98 Å². The zero-order valence-electron chi connectivity index (χ0n) is 11.2. The topological polar surface area (TPSA) is 99.2 Å². The summed E-state index contributed by atoms with van der Waals surface area (Å²) in [7, 11) is -2.32. The normalized spacial score (nSPS) is 11.3. The van der Waals surface area contributed by atoms with E-state index in [1.165, 1.54) is 25.7 Å². The fraction of sp³-hybridized carbons (Fsp3) is 0.250. The van der Waals surface area contributed by atoms with Crippen LogP contribution in [-0.4, -0.2) is 25.1 Å². The number of aryl methyl sites for hydroxylation is 1. The number of rotatable bonds is 5. The van der Waals surface area contributed by atoms with Gasteiger partial charge in [0.2, 0.25) is 0 Å². The molecule has 8 heteroatoms. The molecule has 0 aliphatic heterocycles. The number of methoxy groups -OCH3 is 1. The van der Waals surface area contributed by atoms with Crippen molar-refractivity contribution < 1.29 is 13.2 Å². The number of nitrogens with zero attached hydrogens (tertiary/aromatic N) is 2. The number of sulfonamides is 1. The highest BCUT2D eigenvalue weighted by molar-refractivity contribution is 7.92. The van der Waals surface area contributed by atoms with Crippen molar-refractivity contribution in [2.45, 2.75) is 18.5 Å². The average molecular weight is 296 g/mol. The molecule has 3 N–H and O–H groups in total. The maximum Gasteiger partial charge on any atom is 0.281 e. The Kier molecular flexibility index (Phi) is 3.84. The third-order valence-corrected chi connectivity index (χ3v) is 3.97. The molecule has 1 aromatic heterocycles.